The zero-order valence-corrected chi connectivity index (χ0v) is 12.1. The van der Waals surface area contributed by atoms with E-state index in [9.17, 15) is 18.0 Å². The Morgan fingerprint density at radius 1 is 1.27 bits per heavy atom. The number of hydrogen-bond donors (Lipinski definition) is 2. The van der Waals surface area contributed by atoms with Crippen LogP contribution in [-0.2, 0) is 12.6 Å². The molecule has 1 aromatic carbocycles. The Hall–Kier alpha value is -1.76. The van der Waals surface area contributed by atoms with Crippen LogP contribution in [0.15, 0.2) is 24.3 Å². The van der Waals surface area contributed by atoms with Crippen molar-refractivity contribution in [1.29, 1.82) is 0 Å². The highest BCUT2D eigenvalue weighted by atomic mass is 19.4. The summed E-state index contributed by atoms with van der Waals surface area (Å²) in [5.74, 6) is 0. The number of urea groups is 1. The fourth-order valence-electron chi connectivity index (χ4n) is 2.22. The lowest BCUT2D eigenvalue weighted by atomic mass is 10.1. The van der Waals surface area contributed by atoms with Gasteiger partial charge in [0.05, 0.1) is 12.2 Å². The number of rotatable bonds is 6. The van der Waals surface area contributed by atoms with Crippen LogP contribution in [0.2, 0.25) is 0 Å². The lowest BCUT2D eigenvalue weighted by Crippen LogP contribution is -2.43. The molecule has 2 amide bonds. The van der Waals surface area contributed by atoms with Crippen LogP contribution >= 0.6 is 0 Å². The van der Waals surface area contributed by atoms with E-state index in [4.69, 9.17) is 5.11 Å². The number of nitrogens with zero attached hydrogens (tertiary/aromatic N) is 1. The molecule has 2 rings (SSSR count). The summed E-state index contributed by atoms with van der Waals surface area (Å²) in [5.41, 5.74) is 0.0524. The Bertz CT molecular complexity index is 499. The van der Waals surface area contributed by atoms with Crippen molar-refractivity contribution in [2.45, 2.75) is 31.5 Å². The molecule has 4 nitrogen and oxygen atoms in total. The zero-order chi connectivity index (χ0) is 16.2. The van der Waals surface area contributed by atoms with Gasteiger partial charge in [0.25, 0.3) is 0 Å². The summed E-state index contributed by atoms with van der Waals surface area (Å²) < 4.78 is 37.3. The molecule has 0 saturated heterocycles. The number of alkyl halides is 3. The Kier molecular flexibility index (Phi) is 5.28. The molecule has 22 heavy (non-hydrogen) atoms. The van der Waals surface area contributed by atoms with E-state index in [2.05, 4.69) is 5.32 Å². The maximum absolute atomic E-state index is 12.4. The molecule has 0 radical (unpaired) electrons. The van der Waals surface area contributed by atoms with Gasteiger partial charge in [0.2, 0.25) is 0 Å². The smallest absolute Gasteiger partial charge is 0.395 e. The molecule has 2 N–H and O–H groups in total. The first kappa shape index (κ1) is 16.6. The molecule has 122 valence electrons. The minimum atomic E-state index is -4.33. The largest absolute Gasteiger partial charge is 0.416 e. The van der Waals surface area contributed by atoms with Crippen LogP contribution in [0, 0.1) is 0 Å². The normalized spacial score (nSPS) is 14.7. The summed E-state index contributed by atoms with van der Waals surface area (Å²) in [7, 11) is 0. The van der Waals surface area contributed by atoms with Crippen LogP contribution in [-0.4, -0.2) is 41.8 Å². The van der Waals surface area contributed by atoms with Crippen molar-refractivity contribution in [1.82, 2.24) is 10.2 Å². The third-order valence-electron chi connectivity index (χ3n) is 3.56. The van der Waals surface area contributed by atoms with Crippen LogP contribution < -0.4 is 5.32 Å². The molecule has 1 saturated carbocycles. The molecule has 0 aliphatic heterocycles. The molecule has 0 aromatic heterocycles. The van der Waals surface area contributed by atoms with E-state index >= 15 is 0 Å². The van der Waals surface area contributed by atoms with Crippen molar-refractivity contribution in [3.63, 3.8) is 0 Å². The van der Waals surface area contributed by atoms with Crippen molar-refractivity contribution in [3.05, 3.63) is 35.4 Å². The second-order valence-electron chi connectivity index (χ2n) is 5.32. The maximum atomic E-state index is 12.4. The lowest BCUT2D eigenvalue weighted by Gasteiger charge is -2.21. The van der Waals surface area contributed by atoms with Gasteiger partial charge in [-0.2, -0.15) is 13.2 Å². The fourth-order valence-corrected chi connectivity index (χ4v) is 2.22. The first-order chi connectivity index (χ1) is 10.4. The van der Waals surface area contributed by atoms with Gasteiger partial charge < -0.3 is 15.3 Å². The third-order valence-corrected chi connectivity index (χ3v) is 3.56. The number of amides is 2. The molecule has 1 fully saturated rings. The number of halogens is 3. The molecule has 0 atom stereocenters. The van der Waals surface area contributed by atoms with Crippen molar-refractivity contribution in [2.75, 3.05) is 19.7 Å². The Labute approximate surface area is 126 Å². The standard InChI is InChI=1S/C15H19F3N2O2/c16-15(17,18)12-3-1-11(2-4-12)7-8-19-14(22)20(9-10-21)13-5-6-13/h1-4,13,21H,5-10H2,(H,19,22). The number of hydrogen-bond acceptors (Lipinski definition) is 2. The molecule has 7 heteroatoms. The van der Waals surface area contributed by atoms with E-state index in [1.165, 1.54) is 12.1 Å². The van der Waals surface area contributed by atoms with E-state index in [-0.39, 0.29) is 18.7 Å². The van der Waals surface area contributed by atoms with Gasteiger partial charge in [-0.3, -0.25) is 0 Å². The summed E-state index contributed by atoms with van der Waals surface area (Å²) >= 11 is 0. The van der Waals surface area contributed by atoms with Gasteiger partial charge in [0, 0.05) is 19.1 Å². The lowest BCUT2D eigenvalue weighted by molar-refractivity contribution is -0.137. The molecule has 1 aliphatic rings. The van der Waals surface area contributed by atoms with E-state index in [0.717, 1.165) is 30.5 Å². The molecular weight excluding hydrogens is 297 g/mol. The number of aliphatic hydroxyl groups excluding tert-OH is 1. The molecule has 0 heterocycles. The topological polar surface area (TPSA) is 52.6 Å². The monoisotopic (exact) mass is 316 g/mol. The second-order valence-corrected chi connectivity index (χ2v) is 5.32. The summed E-state index contributed by atoms with van der Waals surface area (Å²) in [6.07, 6.45) is -1.97. The SMILES string of the molecule is O=C(NCCc1ccc(C(F)(F)F)cc1)N(CCO)C1CC1. The first-order valence-corrected chi connectivity index (χ1v) is 7.23. The molecule has 0 unspecified atom stereocenters. The van der Waals surface area contributed by atoms with Crippen molar-refractivity contribution in [2.24, 2.45) is 0 Å². The number of carbonyl (C=O) groups excluding carboxylic acids is 1. The summed E-state index contributed by atoms with van der Waals surface area (Å²) in [4.78, 5) is 13.5. The number of benzene rings is 1. The maximum Gasteiger partial charge on any atom is 0.416 e. The fraction of sp³-hybridized carbons (Fsp3) is 0.533. The predicted molar refractivity (Wildman–Crippen MR) is 75.4 cm³/mol. The minimum absolute atomic E-state index is 0.0805. The minimum Gasteiger partial charge on any atom is -0.395 e. The molecule has 0 bridgehead atoms. The van der Waals surface area contributed by atoms with Gasteiger partial charge in [0.15, 0.2) is 0 Å². The van der Waals surface area contributed by atoms with E-state index in [0.29, 0.717) is 19.5 Å². The van der Waals surface area contributed by atoms with E-state index < -0.39 is 11.7 Å². The van der Waals surface area contributed by atoms with E-state index in [1.807, 2.05) is 0 Å². The Balaban J connectivity index is 1.79. The van der Waals surface area contributed by atoms with Crippen molar-refractivity contribution >= 4 is 6.03 Å². The Morgan fingerprint density at radius 2 is 1.91 bits per heavy atom. The third kappa shape index (κ3) is 4.62. The Morgan fingerprint density at radius 3 is 2.41 bits per heavy atom. The van der Waals surface area contributed by atoms with Gasteiger partial charge in [-0.1, -0.05) is 12.1 Å². The molecule has 1 aromatic rings. The van der Waals surface area contributed by atoms with Crippen LogP contribution in [0.3, 0.4) is 0 Å². The highest BCUT2D eigenvalue weighted by Gasteiger charge is 2.32. The van der Waals surface area contributed by atoms with Gasteiger partial charge in [0.1, 0.15) is 0 Å². The van der Waals surface area contributed by atoms with Crippen LogP contribution in [0.4, 0.5) is 18.0 Å². The molecule has 0 spiro atoms. The number of nitrogens with one attached hydrogen (secondary N) is 1. The van der Waals surface area contributed by atoms with Gasteiger partial charge in [-0.15, -0.1) is 0 Å². The van der Waals surface area contributed by atoms with Gasteiger partial charge in [-0.25, -0.2) is 4.79 Å². The van der Waals surface area contributed by atoms with E-state index in [1.54, 1.807) is 4.90 Å². The van der Waals surface area contributed by atoms with Gasteiger partial charge >= 0.3 is 12.2 Å². The number of aliphatic hydroxyl groups is 1. The number of carbonyl (C=O) groups is 1. The average molecular weight is 316 g/mol. The second kappa shape index (κ2) is 7.00. The molecule has 1 aliphatic carbocycles. The van der Waals surface area contributed by atoms with Crippen LogP contribution in [0.25, 0.3) is 0 Å². The molecular formula is C15H19F3N2O2. The highest BCUT2D eigenvalue weighted by Crippen LogP contribution is 2.29. The predicted octanol–water partition coefficient (Wildman–Crippen LogP) is 2.41. The highest BCUT2D eigenvalue weighted by molar-refractivity contribution is 5.74. The van der Waals surface area contributed by atoms with Gasteiger partial charge in [-0.05, 0) is 37.0 Å². The first-order valence-electron chi connectivity index (χ1n) is 7.23. The summed E-state index contributed by atoms with van der Waals surface area (Å²) in [5, 5.41) is 11.7. The summed E-state index contributed by atoms with van der Waals surface area (Å²) in [6, 6.07) is 4.89. The average Bonchev–Trinajstić information content (AvgIpc) is 3.28. The van der Waals surface area contributed by atoms with Crippen molar-refractivity contribution < 1.29 is 23.1 Å². The van der Waals surface area contributed by atoms with Crippen LogP contribution in [0.5, 0.6) is 0 Å². The zero-order valence-electron chi connectivity index (χ0n) is 12.1. The quantitative estimate of drug-likeness (QED) is 0.847. The summed E-state index contributed by atoms with van der Waals surface area (Å²) in [6.45, 7) is 0.568. The van der Waals surface area contributed by atoms with Crippen molar-refractivity contribution in [3.8, 4) is 0 Å². The van der Waals surface area contributed by atoms with Crippen LogP contribution in [0.1, 0.15) is 24.0 Å².